The second-order valence-corrected chi connectivity index (χ2v) is 5.82. The molecular weight excluding hydrogens is 282 g/mol. The van der Waals surface area contributed by atoms with E-state index in [-0.39, 0.29) is 5.91 Å². The lowest BCUT2D eigenvalue weighted by Gasteiger charge is -2.23. The zero-order valence-electron chi connectivity index (χ0n) is 11.4. The van der Waals surface area contributed by atoms with E-state index in [0.717, 1.165) is 5.75 Å². The van der Waals surface area contributed by atoms with E-state index < -0.39 is 0 Å². The van der Waals surface area contributed by atoms with Crippen molar-refractivity contribution in [3.05, 3.63) is 23.2 Å². The maximum Gasteiger partial charge on any atom is 0.238 e. The third-order valence-electron chi connectivity index (χ3n) is 2.82. The van der Waals surface area contributed by atoms with Crippen molar-refractivity contribution in [3.8, 4) is 0 Å². The van der Waals surface area contributed by atoms with Crippen LogP contribution in [0.2, 0.25) is 5.02 Å². The Hall–Kier alpha value is -0.910. The van der Waals surface area contributed by atoms with Crippen LogP contribution in [-0.4, -0.2) is 42.4 Å². The number of hydrogen-bond acceptors (Lipinski definition) is 4. The van der Waals surface area contributed by atoms with E-state index in [1.165, 1.54) is 0 Å². The topological polar surface area (TPSA) is 58.4 Å². The molecule has 0 aliphatic carbocycles. The van der Waals surface area contributed by atoms with Crippen molar-refractivity contribution in [2.45, 2.75) is 13.0 Å². The second kappa shape index (κ2) is 7.62. The van der Waals surface area contributed by atoms with Gasteiger partial charge in [0.25, 0.3) is 0 Å². The summed E-state index contributed by atoms with van der Waals surface area (Å²) >= 11 is 7.76. The number of thioether (sulfide) groups is 1. The number of nitrogens with one attached hydrogen (secondary N) is 1. The van der Waals surface area contributed by atoms with Crippen LogP contribution in [0, 0.1) is 0 Å². The van der Waals surface area contributed by atoms with Crippen molar-refractivity contribution < 1.29 is 4.79 Å². The lowest BCUT2D eigenvalue weighted by atomic mass is 10.2. The van der Waals surface area contributed by atoms with Gasteiger partial charge in [-0.15, -0.1) is 0 Å². The van der Waals surface area contributed by atoms with Crippen LogP contribution in [0.4, 0.5) is 11.4 Å². The molecule has 4 nitrogen and oxygen atoms in total. The zero-order chi connectivity index (χ0) is 14.4. The van der Waals surface area contributed by atoms with Gasteiger partial charge in [0, 0.05) is 17.5 Å². The van der Waals surface area contributed by atoms with Gasteiger partial charge < -0.3 is 11.1 Å². The molecule has 0 spiro atoms. The first-order chi connectivity index (χ1) is 8.93. The lowest BCUT2D eigenvalue weighted by molar-refractivity contribution is -0.117. The number of amides is 1. The summed E-state index contributed by atoms with van der Waals surface area (Å²) in [6.45, 7) is 2.42. The number of anilines is 2. The highest BCUT2D eigenvalue weighted by atomic mass is 35.5. The molecule has 1 aromatic rings. The molecule has 0 aliphatic rings. The van der Waals surface area contributed by atoms with E-state index >= 15 is 0 Å². The molecule has 0 heterocycles. The molecule has 19 heavy (non-hydrogen) atoms. The average molecular weight is 302 g/mol. The molecule has 0 bridgehead atoms. The second-order valence-electron chi connectivity index (χ2n) is 4.51. The van der Waals surface area contributed by atoms with Gasteiger partial charge in [-0.2, -0.15) is 11.8 Å². The van der Waals surface area contributed by atoms with Gasteiger partial charge in [0.15, 0.2) is 0 Å². The van der Waals surface area contributed by atoms with Crippen LogP contribution < -0.4 is 11.1 Å². The number of rotatable bonds is 6. The molecule has 0 aliphatic heterocycles. The molecule has 1 atom stereocenters. The van der Waals surface area contributed by atoms with E-state index in [1.807, 2.05) is 11.9 Å². The third-order valence-corrected chi connectivity index (χ3v) is 3.96. The monoisotopic (exact) mass is 301 g/mol. The highest BCUT2D eigenvalue weighted by molar-refractivity contribution is 7.98. The molecule has 6 heteroatoms. The van der Waals surface area contributed by atoms with Crippen molar-refractivity contribution in [2.75, 3.05) is 36.7 Å². The number of carbonyl (C=O) groups is 1. The van der Waals surface area contributed by atoms with Gasteiger partial charge in [0.2, 0.25) is 5.91 Å². The fourth-order valence-electron chi connectivity index (χ4n) is 1.58. The van der Waals surface area contributed by atoms with Crippen molar-refractivity contribution in [1.29, 1.82) is 0 Å². The number of halogens is 1. The third kappa shape index (κ3) is 5.30. The summed E-state index contributed by atoms with van der Waals surface area (Å²) in [7, 11) is 1.93. The zero-order valence-corrected chi connectivity index (χ0v) is 13.0. The predicted octanol–water partition coefficient (Wildman–Crippen LogP) is 2.54. The number of hydrogen-bond donors (Lipinski definition) is 2. The maximum absolute atomic E-state index is 11.9. The van der Waals surface area contributed by atoms with E-state index in [9.17, 15) is 4.79 Å². The van der Waals surface area contributed by atoms with E-state index in [1.54, 1.807) is 30.0 Å². The van der Waals surface area contributed by atoms with Gasteiger partial charge in [0.1, 0.15) is 0 Å². The first-order valence-corrected chi connectivity index (χ1v) is 7.75. The minimum atomic E-state index is -0.0945. The van der Waals surface area contributed by atoms with Gasteiger partial charge in [0.05, 0.1) is 17.3 Å². The summed E-state index contributed by atoms with van der Waals surface area (Å²) in [5.41, 5.74) is 6.80. The predicted molar refractivity (Wildman–Crippen MR) is 85.0 cm³/mol. The van der Waals surface area contributed by atoms with Crippen LogP contribution in [0.15, 0.2) is 18.2 Å². The number of nitrogens with zero attached hydrogens (tertiary/aromatic N) is 1. The molecule has 0 radical (unpaired) electrons. The molecule has 0 aromatic heterocycles. The summed E-state index contributed by atoms with van der Waals surface area (Å²) in [6, 6.07) is 5.38. The molecule has 0 saturated carbocycles. The molecule has 1 unspecified atom stereocenters. The largest absolute Gasteiger partial charge is 0.399 e. The minimum Gasteiger partial charge on any atom is -0.399 e. The molecule has 1 rings (SSSR count). The lowest BCUT2D eigenvalue weighted by Crippen LogP contribution is -2.37. The Bertz CT molecular complexity index is 442. The Morgan fingerprint density at radius 3 is 2.89 bits per heavy atom. The van der Waals surface area contributed by atoms with Crippen LogP contribution in [0.1, 0.15) is 6.92 Å². The van der Waals surface area contributed by atoms with Crippen LogP contribution >= 0.6 is 23.4 Å². The Morgan fingerprint density at radius 2 is 2.26 bits per heavy atom. The molecule has 106 valence electrons. The quantitative estimate of drug-likeness (QED) is 0.793. The smallest absolute Gasteiger partial charge is 0.238 e. The van der Waals surface area contributed by atoms with Crippen LogP contribution in [0.5, 0.6) is 0 Å². The van der Waals surface area contributed by atoms with Gasteiger partial charge in [-0.05, 0) is 38.4 Å². The summed E-state index contributed by atoms with van der Waals surface area (Å²) in [5.74, 6) is 0.894. The van der Waals surface area contributed by atoms with E-state index in [2.05, 4.69) is 18.5 Å². The van der Waals surface area contributed by atoms with Gasteiger partial charge in [-0.3, -0.25) is 9.69 Å². The molecular formula is C13H20ClN3OS. The number of nitrogen functional groups attached to an aromatic ring is 1. The standard InChI is InChI=1S/C13H20ClN3OS/c1-9(8-19-3)17(2)7-13(18)16-12-6-10(15)4-5-11(12)14/h4-6,9H,7-8,15H2,1-3H3,(H,16,18). The number of carbonyl (C=O) groups excluding carboxylic acids is 1. The van der Waals surface area contributed by atoms with E-state index in [0.29, 0.717) is 29.0 Å². The van der Waals surface area contributed by atoms with E-state index in [4.69, 9.17) is 17.3 Å². The summed E-state index contributed by atoms with van der Waals surface area (Å²) in [5, 5.41) is 3.27. The summed E-state index contributed by atoms with van der Waals surface area (Å²) in [6.07, 6.45) is 2.05. The number of likely N-dealkylation sites (N-methyl/N-ethyl adjacent to an activating group) is 1. The molecule has 3 N–H and O–H groups in total. The molecule has 1 aromatic carbocycles. The summed E-state index contributed by atoms with van der Waals surface area (Å²) in [4.78, 5) is 13.9. The maximum atomic E-state index is 11.9. The van der Waals surface area contributed by atoms with Crippen molar-refractivity contribution in [2.24, 2.45) is 0 Å². The summed E-state index contributed by atoms with van der Waals surface area (Å²) < 4.78 is 0. The fraction of sp³-hybridized carbons (Fsp3) is 0.462. The highest BCUT2D eigenvalue weighted by Crippen LogP contribution is 2.23. The Balaban J connectivity index is 2.57. The van der Waals surface area contributed by atoms with Crippen molar-refractivity contribution in [3.63, 3.8) is 0 Å². The van der Waals surface area contributed by atoms with Gasteiger partial charge in [-0.25, -0.2) is 0 Å². The number of benzene rings is 1. The molecule has 1 amide bonds. The van der Waals surface area contributed by atoms with Crippen LogP contribution in [-0.2, 0) is 4.79 Å². The van der Waals surface area contributed by atoms with Crippen LogP contribution in [0.25, 0.3) is 0 Å². The SMILES string of the molecule is CSCC(C)N(C)CC(=O)Nc1cc(N)ccc1Cl. The van der Waals surface area contributed by atoms with Gasteiger partial charge >= 0.3 is 0 Å². The first-order valence-electron chi connectivity index (χ1n) is 5.98. The molecule has 0 saturated heterocycles. The molecule has 0 fully saturated rings. The Labute approximate surface area is 123 Å². The Morgan fingerprint density at radius 1 is 1.58 bits per heavy atom. The highest BCUT2D eigenvalue weighted by Gasteiger charge is 2.13. The van der Waals surface area contributed by atoms with Crippen molar-refractivity contribution in [1.82, 2.24) is 4.90 Å². The Kier molecular flexibility index (Phi) is 6.48. The average Bonchev–Trinajstić information content (AvgIpc) is 2.34. The number of nitrogens with two attached hydrogens (primary N) is 1. The van der Waals surface area contributed by atoms with Gasteiger partial charge in [-0.1, -0.05) is 11.6 Å². The van der Waals surface area contributed by atoms with Crippen LogP contribution in [0.3, 0.4) is 0 Å². The normalized spacial score (nSPS) is 12.5. The van der Waals surface area contributed by atoms with Crippen molar-refractivity contribution >= 4 is 40.6 Å². The first kappa shape index (κ1) is 16.1. The minimum absolute atomic E-state index is 0.0945. The fourth-order valence-corrected chi connectivity index (χ4v) is 2.48.